The Morgan fingerprint density at radius 2 is 1.83 bits per heavy atom. The molecule has 1 N–H and O–H groups in total. The summed E-state index contributed by atoms with van der Waals surface area (Å²) in [6, 6.07) is 9.85. The number of aromatic nitrogens is 1. The summed E-state index contributed by atoms with van der Waals surface area (Å²) in [5.41, 5.74) is 1.95. The number of carbonyl (C=O) groups excluding carboxylic acids is 1. The first-order valence-corrected chi connectivity index (χ1v) is 9.42. The maximum atomic E-state index is 13.7. The van der Waals surface area contributed by atoms with E-state index in [0.717, 1.165) is 5.56 Å². The van der Waals surface area contributed by atoms with E-state index in [1.807, 2.05) is 11.4 Å². The van der Waals surface area contributed by atoms with Gasteiger partial charge in [0.05, 0.1) is 27.0 Å². The van der Waals surface area contributed by atoms with E-state index in [4.69, 9.17) is 14.2 Å². The first kappa shape index (κ1) is 20.3. The number of thiazole rings is 1. The molecule has 3 aromatic rings. The monoisotopic (exact) mass is 414 g/mol. The number of ether oxygens (including phenoxy) is 3. The Hall–Kier alpha value is -3.39. The summed E-state index contributed by atoms with van der Waals surface area (Å²) in [6.07, 6.45) is 2.83. The van der Waals surface area contributed by atoms with E-state index in [2.05, 4.69) is 10.3 Å². The second-order valence-corrected chi connectivity index (χ2v) is 6.68. The van der Waals surface area contributed by atoms with Gasteiger partial charge in [-0.1, -0.05) is 6.07 Å². The lowest BCUT2D eigenvalue weighted by atomic mass is 10.1. The van der Waals surface area contributed by atoms with Gasteiger partial charge in [0.15, 0.2) is 16.7 Å². The van der Waals surface area contributed by atoms with Gasteiger partial charge in [-0.25, -0.2) is 9.37 Å². The van der Waals surface area contributed by atoms with Crippen molar-refractivity contribution in [2.45, 2.75) is 0 Å². The van der Waals surface area contributed by atoms with E-state index in [0.29, 0.717) is 27.9 Å². The van der Waals surface area contributed by atoms with Crippen LogP contribution in [0.2, 0.25) is 0 Å². The number of rotatable bonds is 7. The van der Waals surface area contributed by atoms with Gasteiger partial charge in [0.25, 0.3) is 0 Å². The summed E-state index contributed by atoms with van der Waals surface area (Å²) in [5.74, 6) is 0.603. The van der Waals surface area contributed by atoms with Crippen LogP contribution in [0.15, 0.2) is 47.9 Å². The zero-order valence-electron chi connectivity index (χ0n) is 16.1. The molecule has 0 saturated carbocycles. The SMILES string of the molecule is COc1ccc(OC)c(-c2csc(NC(=O)/C=C/c3ccc(OC)c(F)c3)n2)c1. The maximum Gasteiger partial charge on any atom is 0.250 e. The zero-order chi connectivity index (χ0) is 20.8. The average molecular weight is 414 g/mol. The summed E-state index contributed by atoms with van der Waals surface area (Å²) < 4.78 is 29.2. The van der Waals surface area contributed by atoms with Crippen LogP contribution in [0.3, 0.4) is 0 Å². The van der Waals surface area contributed by atoms with Crippen molar-refractivity contribution in [3.8, 4) is 28.5 Å². The van der Waals surface area contributed by atoms with Gasteiger partial charge >= 0.3 is 0 Å². The fourth-order valence-electron chi connectivity index (χ4n) is 2.57. The van der Waals surface area contributed by atoms with Crippen molar-refractivity contribution in [3.05, 3.63) is 59.2 Å². The fraction of sp³-hybridized carbons (Fsp3) is 0.143. The Labute approximate surface area is 171 Å². The number of anilines is 1. The highest BCUT2D eigenvalue weighted by atomic mass is 32.1. The number of hydrogen-bond acceptors (Lipinski definition) is 6. The molecule has 0 unspecified atom stereocenters. The second-order valence-electron chi connectivity index (χ2n) is 5.82. The summed E-state index contributed by atoms with van der Waals surface area (Å²) in [7, 11) is 4.55. The molecule has 0 spiro atoms. The van der Waals surface area contributed by atoms with Gasteiger partial charge < -0.3 is 14.2 Å². The van der Waals surface area contributed by atoms with E-state index in [1.54, 1.807) is 32.4 Å². The number of carbonyl (C=O) groups is 1. The molecule has 0 saturated heterocycles. The van der Waals surface area contributed by atoms with E-state index in [-0.39, 0.29) is 11.7 Å². The molecule has 150 valence electrons. The molecule has 8 heteroatoms. The Kier molecular flexibility index (Phi) is 6.46. The molecule has 0 aliphatic rings. The van der Waals surface area contributed by atoms with Crippen molar-refractivity contribution >= 4 is 28.5 Å². The van der Waals surface area contributed by atoms with Gasteiger partial charge in [-0.2, -0.15) is 0 Å². The summed E-state index contributed by atoms with van der Waals surface area (Å²) in [5, 5.41) is 4.94. The highest BCUT2D eigenvalue weighted by Crippen LogP contribution is 2.35. The Bertz CT molecular complexity index is 1050. The molecule has 29 heavy (non-hydrogen) atoms. The Morgan fingerprint density at radius 3 is 2.52 bits per heavy atom. The van der Waals surface area contributed by atoms with Crippen LogP contribution < -0.4 is 19.5 Å². The van der Waals surface area contributed by atoms with Gasteiger partial charge in [0, 0.05) is 17.0 Å². The number of amides is 1. The lowest BCUT2D eigenvalue weighted by Crippen LogP contribution is -2.07. The number of nitrogens with zero attached hydrogens (tertiary/aromatic N) is 1. The number of methoxy groups -OCH3 is 3. The molecule has 0 bridgehead atoms. The molecule has 6 nitrogen and oxygen atoms in total. The van der Waals surface area contributed by atoms with Gasteiger partial charge in [0.1, 0.15) is 11.5 Å². The van der Waals surface area contributed by atoms with Crippen molar-refractivity contribution in [2.24, 2.45) is 0 Å². The number of nitrogens with one attached hydrogen (secondary N) is 1. The van der Waals surface area contributed by atoms with Gasteiger partial charge in [-0.15, -0.1) is 11.3 Å². The minimum absolute atomic E-state index is 0.148. The molecule has 0 fully saturated rings. The third-order valence-corrected chi connectivity index (χ3v) is 4.78. The Balaban J connectivity index is 1.72. The van der Waals surface area contributed by atoms with Crippen molar-refractivity contribution in [1.82, 2.24) is 4.98 Å². The van der Waals surface area contributed by atoms with Crippen LogP contribution >= 0.6 is 11.3 Å². The molecule has 1 aromatic heterocycles. The molecule has 0 aliphatic carbocycles. The number of benzene rings is 2. The van der Waals surface area contributed by atoms with Crippen LogP contribution in [0.25, 0.3) is 17.3 Å². The average Bonchev–Trinajstić information content (AvgIpc) is 3.20. The minimum Gasteiger partial charge on any atom is -0.497 e. The third-order valence-electron chi connectivity index (χ3n) is 4.02. The fourth-order valence-corrected chi connectivity index (χ4v) is 3.29. The third kappa shape index (κ3) is 4.91. The molecular weight excluding hydrogens is 395 g/mol. The quantitative estimate of drug-likeness (QED) is 0.571. The van der Waals surface area contributed by atoms with Crippen LogP contribution in [-0.4, -0.2) is 32.2 Å². The van der Waals surface area contributed by atoms with Crippen molar-refractivity contribution in [1.29, 1.82) is 0 Å². The summed E-state index contributed by atoms with van der Waals surface area (Å²) >= 11 is 1.28. The highest BCUT2D eigenvalue weighted by molar-refractivity contribution is 7.14. The molecule has 1 heterocycles. The largest absolute Gasteiger partial charge is 0.497 e. The predicted octanol–water partition coefficient (Wildman–Crippen LogP) is 4.63. The maximum absolute atomic E-state index is 13.7. The van der Waals surface area contributed by atoms with Crippen molar-refractivity contribution in [2.75, 3.05) is 26.6 Å². The first-order valence-electron chi connectivity index (χ1n) is 8.54. The lowest BCUT2D eigenvalue weighted by molar-refractivity contribution is -0.111. The van der Waals surface area contributed by atoms with Crippen molar-refractivity contribution in [3.63, 3.8) is 0 Å². The topological polar surface area (TPSA) is 69.7 Å². The molecule has 2 aromatic carbocycles. The molecule has 0 radical (unpaired) electrons. The Morgan fingerprint density at radius 1 is 1.07 bits per heavy atom. The number of hydrogen-bond donors (Lipinski definition) is 1. The standard InChI is InChI=1S/C21H19FN2O4S/c1-26-14-6-8-18(27-2)15(11-14)17-12-29-21(23-17)24-20(25)9-5-13-4-7-19(28-3)16(22)10-13/h4-12H,1-3H3,(H,23,24,25)/b9-5+. The van der Waals surface area contributed by atoms with Crippen LogP contribution in [0, 0.1) is 5.82 Å². The van der Waals surface area contributed by atoms with E-state index < -0.39 is 5.82 Å². The predicted molar refractivity (Wildman–Crippen MR) is 111 cm³/mol. The van der Waals surface area contributed by atoms with Crippen LogP contribution in [0.1, 0.15) is 5.56 Å². The summed E-state index contributed by atoms with van der Waals surface area (Å²) in [4.78, 5) is 16.6. The smallest absolute Gasteiger partial charge is 0.250 e. The van der Waals surface area contributed by atoms with E-state index >= 15 is 0 Å². The van der Waals surface area contributed by atoms with Crippen LogP contribution in [0.5, 0.6) is 17.2 Å². The van der Waals surface area contributed by atoms with Gasteiger partial charge in [-0.05, 0) is 42.0 Å². The molecule has 1 amide bonds. The first-order chi connectivity index (χ1) is 14.0. The second kappa shape index (κ2) is 9.20. The van der Waals surface area contributed by atoms with Crippen molar-refractivity contribution < 1.29 is 23.4 Å². The molecule has 3 rings (SSSR count). The van der Waals surface area contributed by atoms with Gasteiger partial charge in [-0.3, -0.25) is 10.1 Å². The minimum atomic E-state index is -0.494. The van der Waals surface area contributed by atoms with Crippen LogP contribution in [0.4, 0.5) is 9.52 Å². The van der Waals surface area contributed by atoms with Gasteiger partial charge in [0.2, 0.25) is 5.91 Å². The lowest BCUT2D eigenvalue weighted by Gasteiger charge is -2.08. The van der Waals surface area contributed by atoms with E-state index in [1.165, 1.54) is 42.7 Å². The molecule has 0 aliphatic heterocycles. The number of halogens is 1. The summed E-state index contributed by atoms with van der Waals surface area (Å²) in [6.45, 7) is 0. The molecular formula is C21H19FN2O4S. The van der Waals surface area contributed by atoms with E-state index in [9.17, 15) is 9.18 Å². The molecule has 0 atom stereocenters. The zero-order valence-corrected chi connectivity index (χ0v) is 16.9. The highest BCUT2D eigenvalue weighted by Gasteiger charge is 2.12. The normalized spacial score (nSPS) is 10.8. The van der Waals surface area contributed by atoms with Crippen LogP contribution in [-0.2, 0) is 4.79 Å².